The minimum Gasteiger partial charge on any atom is -0.460 e. The summed E-state index contributed by atoms with van der Waals surface area (Å²) in [6.45, 7) is 1.29. The molecule has 0 N–H and O–H groups in total. The maximum absolute atomic E-state index is 12.0. The molecule has 0 bridgehead atoms. The van der Waals surface area contributed by atoms with Crippen LogP contribution < -0.4 is 0 Å². The second kappa shape index (κ2) is 6.36. The molecule has 0 aliphatic heterocycles. The first-order valence-electron chi connectivity index (χ1n) is 4.16. The van der Waals surface area contributed by atoms with Gasteiger partial charge in [-0.3, -0.25) is 4.79 Å². The van der Waals surface area contributed by atoms with E-state index in [-0.39, 0.29) is 6.61 Å². The van der Waals surface area contributed by atoms with Crippen molar-refractivity contribution in [3.63, 3.8) is 0 Å². The number of carbonyl (C=O) groups is 2. The average Bonchev–Trinajstić information content (AvgIpc) is 2.12. The summed E-state index contributed by atoms with van der Waals surface area (Å²) < 4.78 is 52.1. The molecular weight excluding hydrogens is 220 g/mol. The zero-order valence-corrected chi connectivity index (χ0v) is 7.88. The van der Waals surface area contributed by atoms with Crippen molar-refractivity contribution in [2.24, 2.45) is 5.92 Å². The molecule has 15 heavy (non-hydrogen) atoms. The van der Waals surface area contributed by atoms with Gasteiger partial charge in [-0.25, -0.2) is 22.4 Å². The molecule has 0 saturated carbocycles. The third-order valence-electron chi connectivity index (χ3n) is 1.57. The minimum atomic E-state index is -3.34. The predicted molar refractivity (Wildman–Crippen MR) is 41.8 cm³/mol. The van der Waals surface area contributed by atoms with Crippen molar-refractivity contribution in [1.82, 2.24) is 0 Å². The summed E-state index contributed by atoms with van der Waals surface area (Å²) in [4.78, 5) is 21.5. The third kappa shape index (κ3) is 4.75. The van der Waals surface area contributed by atoms with E-state index in [2.05, 4.69) is 4.74 Å². The Labute approximate surface area is 83.4 Å². The SMILES string of the molecule is CCOC(=O)C(=O)CC(C(F)F)C(F)F. The van der Waals surface area contributed by atoms with Crippen LogP contribution in [0.3, 0.4) is 0 Å². The number of ether oxygens (including phenoxy) is 1. The van der Waals surface area contributed by atoms with Gasteiger partial charge in [0, 0.05) is 6.42 Å². The van der Waals surface area contributed by atoms with Crippen molar-refractivity contribution in [1.29, 1.82) is 0 Å². The largest absolute Gasteiger partial charge is 0.460 e. The van der Waals surface area contributed by atoms with E-state index in [4.69, 9.17) is 0 Å². The van der Waals surface area contributed by atoms with Gasteiger partial charge in [0.1, 0.15) is 0 Å². The normalized spacial score (nSPS) is 11.2. The Morgan fingerprint density at radius 3 is 1.93 bits per heavy atom. The van der Waals surface area contributed by atoms with Crippen LogP contribution in [-0.2, 0) is 14.3 Å². The van der Waals surface area contributed by atoms with Gasteiger partial charge < -0.3 is 4.74 Å². The lowest BCUT2D eigenvalue weighted by atomic mass is 10.0. The smallest absolute Gasteiger partial charge is 0.374 e. The second-order valence-electron chi connectivity index (χ2n) is 2.68. The number of carbonyl (C=O) groups excluding carboxylic acids is 2. The first kappa shape index (κ1) is 13.9. The highest BCUT2D eigenvalue weighted by Gasteiger charge is 2.34. The number of Topliss-reactive ketones (excluding diaryl/α,β-unsaturated/α-hetero) is 1. The highest BCUT2D eigenvalue weighted by Crippen LogP contribution is 2.22. The Morgan fingerprint density at radius 1 is 1.13 bits per heavy atom. The maximum atomic E-state index is 12.0. The molecule has 0 spiro atoms. The van der Waals surface area contributed by atoms with Crippen LogP contribution in [0.1, 0.15) is 13.3 Å². The van der Waals surface area contributed by atoms with Crippen LogP contribution >= 0.6 is 0 Å². The quantitative estimate of drug-likeness (QED) is 0.396. The van der Waals surface area contributed by atoms with Gasteiger partial charge in [0.15, 0.2) is 0 Å². The minimum absolute atomic E-state index is 0.113. The number of ketones is 1. The van der Waals surface area contributed by atoms with Crippen LogP contribution in [0.4, 0.5) is 17.6 Å². The first-order valence-corrected chi connectivity index (χ1v) is 4.16. The van der Waals surface area contributed by atoms with Crippen molar-refractivity contribution < 1.29 is 31.9 Å². The zero-order chi connectivity index (χ0) is 12.0. The van der Waals surface area contributed by atoms with Gasteiger partial charge in [-0.05, 0) is 6.92 Å². The predicted octanol–water partition coefficient (Wildman–Crippen LogP) is 1.66. The van der Waals surface area contributed by atoms with Crippen LogP contribution in [0.5, 0.6) is 0 Å². The molecule has 88 valence electrons. The van der Waals surface area contributed by atoms with Crippen molar-refractivity contribution in [2.45, 2.75) is 26.2 Å². The van der Waals surface area contributed by atoms with Crippen molar-refractivity contribution >= 4 is 11.8 Å². The lowest BCUT2D eigenvalue weighted by molar-refractivity contribution is -0.155. The van der Waals surface area contributed by atoms with Crippen molar-refractivity contribution in [2.75, 3.05) is 6.61 Å². The molecular formula is C8H10F4O3. The Hall–Kier alpha value is -1.14. The molecule has 0 unspecified atom stereocenters. The fourth-order valence-electron chi connectivity index (χ4n) is 0.797. The lowest BCUT2D eigenvalue weighted by Crippen LogP contribution is -2.28. The van der Waals surface area contributed by atoms with Gasteiger partial charge in [0.2, 0.25) is 18.6 Å². The summed E-state index contributed by atoms with van der Waals surface area (Å²) in [5.41, 5.74) is 0. The van der Waals surface area contributed by atoms with Gasteiger partial charge in [-0.1, -0.05) is 0 Å². The average molecular weight is 230 g/mol. The highest BCUT2D eigenvalue weighted by atomic mass is 19.3. The van der Waals surface area contributed by atoms with Crippen LogP contribution in [0.15, 0.2) is 0 Å². The molecule has 0 radical (unpaired) electrons. The molecule has 3 nitrogen and oxygen atoms in total. The van der Waals surface area contributed by atoms with E-state index in [1.807, 2.05) is 0 Å². The summed E-state index contributed by atoms with van der Waals surface area (Å²) in [6, 6.07) is 0. The summed E-state index contributed by atoms with van der Waals surface area (Å²) in [5.74, 6) is -5.13. The fraction of sp³-hybridized carbons (Fsp3) is 0.750. The molecule has 0 aromatic rings. The van der Waals surface area contributed by atoms with Crippen LogP contribution in [-0.4, -0.2) is 31.2 Å². The van der Waals surface area contributed by atoms with Gasteiger partial charge in [0.05, 0.1) is 12.5 Å². The monoisotopic (exact) mass is 230 g/mol. The summed E-state index contributed by atoms with van der Waals surface area (Å²) in [5, 5.41) is 0. The molecule has 0 aliphatic carbocycles. The zero-order valence-electron chi connectivity index (χ0n) is 7.88. The molecule has 0 amide bonds. The lowest BCUT2D eigenvalue weighted by Gasteiger charge is -2.12. The molecule has 7 heteroatoms. The Kier molecular flexibility index (Phi) is 5.88. The van der Waals surface area contributed by atoms with Crippen LogP contribution in [0, 0.1) is 5.92 Å². The van der Waals surface area contributed by atoms with Gasteiger partial charge >= 0.3 is 5.97 Å². The van der Waals surface area contributed by atoms with Crippen LogP contribution in [0.2, 0.25) is 0 Å². The number of alkyl halides is 4. The molecule has 0 rings (SSSR count). The number of halogens is 4. The Morgan fingerprint density at radius 2 is 1.60 bits per heavy atom. The number of hydrogen-bond donors (Lipinski definition) is 0. The summed E-state index contributed by atoms with van der Waals surface area (Å²) in [6.07, 6.45) is -7.89. The first-order chi connectivity index (χ1) is 6.90. The second-order valence-corrected chi connectivity index (χ2v) is 2.68. The molecule has 0 aliphatic rings. The van der Waals surface area contributed by atoms with Gasteiger partial charge in [0.25, 0.3) is 0 Å². The standard InChI is InChI=1S/C8H10F4O3/c1-2-15-8(14)5(13)3-4(6(9)10)7(11)12/h4,6-7H,2-3H2,1H3. The highest BCUT2D eigenvalue weighted by molar-refractivity contribution is 6.33. The number of esters is 1. The number of rotatable bonds is 6. The maximum Gasteiger partial charge on any atom is 0.374 e. The molecule has 0 atom stereocenters. The molecule has 0 aromatic heterocycles. The van der Waals surface area contributed by atoms with Gasteiger partial charge in [-0.15, -0.1) is 0 Å². The van der Waals surface area contributed by atoms with E-state index < -0.39 is 36.9 Å². The van der Waals surface area contributed by atoms with E-state index in [0.29, 0.717) is 0 Å². The Bertz CT molecular complexity index is 222. The van der Waals surface area contributed by atoms with Gasteiger partial charge in [-0.2, -0.15) is 0 Å². The third-order valence-corrected chi connectivity index (χ3v) is 1.57. The van der Waals surface area contributed by atoms with Crippen molar-refractivity contribution in [3.8, 4) is 0 Å². The molecule has 0 saturated heterocycles. The molecule has 0 heterocycles. The van der Waals surface area contributed by atoms with E-state index in [9.17, 15) is 27.2 Å². The topological polar surface area (TPSA) is 43.4 Å². The summed E-state index contributed by atoms with van der Waals surface area (Å²) in [7, 11) is 0. The van der Waals surface area contributed by atoms with E-state index >= 15 is 0 Å². The Balaban J connectivity index is 4.29. The molecule has 0 aromatic carbocycles. The summed E-state index contributed by atoms with van der Waals surface area (Å²) >= 11 is 0. The van der Waals surface area contributed by atoms with Crippen molar-refractivity contribution in [3.05, 3.63) is 0 Å². The molecule has 0 fully saturated rings. The van der Waals surface area contributed by atoms with E-state index in [1.165, 1.54) is 6.92 Å². The van der Waals surface area contributed by atoms with Crippen LogP contribution in [0.25, 0.3) is 0 Å². The van der Waals surface area contributed by atoms with E-state index in [1.54, 1.807) is 0 Å². The fourth-order valence-corrected chi connectivity index (χ4v) is 0.797. The number of hydrogen-bond acceptors (Lipinski definition) is 3. The van der Waals surface area contributed by atoms with E-state index in [0.717, 1.165) is 0 Å².